The number of rotatable bonds is 7. The van der Waals surface area contributed by atoms with Gasteiger partial charge in [-0.3, -0.25) is 0 Å². The maximum atomic E-state index is 9.81. The van der Waals surface area contributed by atoms with Crippen molar-refractivity contribution in [1.29, 1.82) is 0 Å². The lowest BCUT2D eigenvalue weighted by Gasteiger charge is -2.13. The average molecular weight is 297 g/mol. The van der Waals surface area contributed by atoms with Crippen molar-refractivity contribution in [2.24, 2.45) is 0 Å². The van der Waals surface area contributed by atoms with Gasteiger partial charge in [-0.05, 0) is 30.7 Å². The van der Waals surface area contributed by atoms with Crippen LogP contribution in [0.15, 0.2) is 35.1 Å². The van der Waals surface area contributed by atoms with Gasteiger partial charge in [-0.1, -0.05) is 16.8 Å². The standard InChI is InChI=1S/C14H17ClN2O3/c1-10-6-13(2-3-14(10)15)19-9-12(18)8-16-7-11-4-5-20-17-11/h2-6,12,16,18H,7-9H2,1H3. The van der Waals surface area contributed by atoms with Crippen LogP contribution in [0.5, 0.6) is 5.75 Å². The molecule has 5 nitrogen and oxygen atoms in total. The van der Waals surface area contributed by atoms with Gasteiger partial charge in [-0.15, -0.1) is 0 Å². The molecule has 0 aliphatic rings. The zero-order valence-corrected chi connectivity index (χ0v) is 11.9. The van der Waals surface area contributed by atoms with Crippen molar-refractivity contribution in [2.45, 2.75) is 19.6 Å². The Balaban J connectivity index is 1.69. The van der Waals surface area contributed by atoms with Gasteiger partial charge in [0, 0.05) is 24.2 Å². The van der Waals surface area contributed by atoms with Crippen LogP contribution in [0.3, 0.4) is 0 Å². The molecule has 0 saturated carbocycles. The van der Waals surface area contributed by atoms with E-state index in [1.165, 1.54) is 6.26 Å². The third-order valence-electron chi connectivity index (χ3n) is 2.75. The highest BCUT2D eigenvalue weighted by Crippen LogP contribution is 2.21. The van der Waals surface area contributed by atoms with Crippen molar-refractivity contribution in [3.05, 3.63) is 46.8 Å². The van der Waals surface area contributed by atoms with Crippen LogP contribution in [0.25, 0.3) is 0 Å². The van der Waals surface area contributed by atoms with Crippen molar-refractivity contribution in [3.63, 3.8) is 0 Å². The molecule has 2 N–H and O–H groups in total. The number of nitrogens with zero attached hydrogens (tertiary/aromatic N) is 1. The van der Waals surface area contributed by atoms with Gasteiger partial charge < -0.3 is 19.7 Å². The SMILES string of the molecule is Cc1cc(OCC(O)CNCc2ccon2)ccc1Cl. The predicted octanol–water partition coefficient (Wildman–Crippen LogP) is 2.17. The highest BCUT2D eigenvalue weighted by atomic mass is 35.5. The van der Waals surface area contributed by atoms with Gasteiger partial charge >= 0.3 is 0 Å². The van der Waals surface area contributed by atoms with E-state index in [1.54, 1.807) is 18.2 Å². The molecule has 0 bridgehead atoms. The number of hydrogen-bond acceptors (Lipinski definition) is 5. The van der Waals surface area contributed by atoms with E-state index >= 15 is 0 Å². The zero-order chi connectivity index (χ0) is 14.4. The molecule has 0 amide bonds. The first kappa shape index (κ1) is 14.8. The summed E-state index contributed by atoms with van der Waals surface area (Å²) >= 11 is 5.93. The summed E-state index contributed by atoms with van der Waals surface area (Å²) in [6.45, 7) is 3.09. The second kappa shape index (κ2) is 7.28. The maximum absolute atomic E-state index is 9.81. The quantitative estimate of drug-likeness (QED) is 0.819. The summed E-state index contributed by atoms with van der Waals surface area (Å²) in [7, 11) is 0. The molecule has 0 fully saturated rings. The summed E-state index contributed by atoms with van der Waals surface area (Å²) in [6.07, 6.45) is 0.914. The van der Waals surface area contributed by atoms with Gasteiger partial charge in [0.05, 0.1) is 5.69 Å². The average Bonchev–Trinajstić information content (AvgIpc) is 2.93. The molecule has 1 aromatic heterocycles. The minimum Gasteiger partial charge on any atom is -0.491 e. The number of ether oxygens (including phenoxy) is 1. The zero-order valence-electron chi connectivity index (χ0n) is 11.2. The Morgan fingerprint density at radius 3 is 3.00 bits per heavy atom. The lowest BCUT2D eigenvalue weighted by Crippen LogP contribution is -2.31. The smallest absolute Gasteiger partial charge is 0.124 e. The van der Waals surface area contributed by atoms with Crippen LogP contribution >= 0.6 is 11.6 Å². The van der Waals surface area contributed by atoms with Crippen LogP contribution in [0.4, 0.5) is 0 Å². The Kier molecular flexibility index (Phi) is 5.40. The minimum atomic E-state index is -0.599. The van der Waals surface area contributed by atoms with E-state index in [1.807, 2.05) is 13.0 Å². The number of aromatic nitrogens is 1. The van der Waals surface area contributed by atoms with Gasteiger partial charge in [0.25, 0.3) is 0 Å². The molecule has 1 unspecified atom stereocenters. The summed E-state index contributed by atoms with van der Waals surface area (Å²) in [5.74, 6) is 0.697. The van der Waals surface area contributed by atoms with Gasteiger partial charge in [-0.25, -0.2) is 0 Å². The Morgan fingerprint density at radius 1 is 1.45 bits per heavy atom. The fourth-order valence-electron chi connectivity index (χ4n) is 1.65. The van der Waals surface area contributed by atoms with E-state index in [-0.39, 0.29) is 6.61 Å². The first-order valence-corrected chi connectivity index (χ1v) is 6.70. The number of aryl methyl sites for hydroxylation is 1. The monoisotopic (exact) mass is 296 g/mol. The van der Waals surface area contributed by atoms with E-state index in [9.17, 15) is 5.11 Å². The van der Waals surface area contributed by atoms with Crippen LogP contribution in [0.2, 0.25) is 5.02 Å². The Labute approximate surface area is 122 Å². The molecule has 2 rings (SSSR count). The molecule has 0 radical (unpaired) electrons. The minimum absolute atomic E-state index is 0.215. The number of halogens is 1. The van der Waals surface area contributed by atoms with Crippen molar-refractivity contribution in [3.8, 4) is 5.75 Å². The van der Waals surface area contributed by atoms with Crippen LogP contribution in [0.1, 0.15) is 11.3 Å². The largest absolute Gasteiger partial charge is 0.491 e. The number of aliphatic hydroxyl groups is 1. The van der Waals surface area contributed by atoms with Crippen molar-refractivity contribution in [1.82, 2.24) is 10.5 Å². The normalized spacial score (nSPS) is 12.3. The summed E-state index contributed by atoms with van der Waals surface area (Å²) in [6, 6.07) is 7.18. The van der Waals surface area contributed by atoms with E-state index in [4.69, 9.17) is 20.9 Å². The van der Waals surface area contributed by atoms with E-state index in [2.05, 4.69) is 10.5 Å². The molecular weight excluding hydrogens is 280 g/mol. The molecule has 1 heterocycles. The lowest BCUT2D eigenvalue weighted by atomic mass is 10.2. The Hall–Kier alpha value is -1.56. The third kappa shape index (κ3) is 4.52. The summed E-state index contributed by atoms with van der Waals surface area (Å²) in [4.78, 5) is 0. The van der Waals surface area contributed by atoms with Crippen molar-refractivity contribution in [2.75, 3.05) is 13.2 Å². The van der Waals surface area contributed by atoms with Gasteiger partial charge in [0.15, 0.2) is 0 Å². The lowest BCUT2D eigenvalue weighted by molar-refractivity contribution is 0.106. The topological polar surface area (TPSA) is 67.5 Å². The molecular formula is C14H17ClN2O3. The van der Waals surface area contributed by atoms with E-state index < -0.39 is 6.10 Å². The van der Waals surface area contributed by atoms with Crippen LogP contribution in [-0.4, -0.2) is 29.5 Å². The van der Waals surface area contributed by atoms with Crippen LogP contribution in [0, 0.1) is 6.92 Å². The fourth-order valence-corrected chi connectivity index (χ4v) is 1.77. The predicted molar refractivity (Wildman–Crippen MR) is 75.9 cm³/mol. The highest BCUT2D eigenvalue weighted by molar-refractivity contribution is 6.31. The molecule has 1 aromatic carbocycles. The molecule has 0 aliphatic heterocycles. The molecule has 2 aromatic rings. The van der Waals surface area contributed by atoms with Crippen molar-refractivity contribution < 1.29 is 14.4 Å². The van der Waals surface area contributed by atoms with Gasteiger partial charge in [0.2, 0.25) is 0 Å². The Morgan fingerprint density at radius 2 is 2.30 bits per heavy atom. The first-order chi connectivity index (χ1) is 9.65. The van der Waals surface area contributed by atoms with Crippen LogP contribution < -0.4 is 10.1 Å². The second-order valence-electron chi connectivity index (χ2n) is 4.50. The Bertz CT molecular complexity index is 531. The van der Waals surface area contributed by atoms with Crippen molar-refractivity contribution >= 4 is 11.6 Å². The molecule has 0 aliphatic carbocycles. The van der Waals surface area contributed by atoms with Gasteiger partial charge in [-0.2, -0.15) is 0 Å². The molecule has 20 heavy (non-hydrogen) atoms. The number of benzene rings is 1. The molecule has 108 valence electrons. The molecule has 6 heteroatoms. The van der Waals surface area contributed by atoms with E-state index in [0.29, 0.717) is 23.9 Å². The highest BCUT2D eigenvalue weighted by Gasteiger charge is 2.06. The first-order valence-electron chi connectivity index (χ1n) is 6.32. The van der Waals surface area contributed by atoms with Gasteiger partial charge in [0.1, 0.15) is 24.7 Å². The maximum Gasteiger partial charge on any atom is 0.124 e. The summed E-state index contributed by atoms with van der Waals surface area (Å²) < 4.78 is 10.2. The van der Waals surface area contributed by atoms with E-state index in [0.717, 1.165) is 11.3 Å². The van der Waals surface area contributed by atoms with Crippen LogP contribution in [-0.2, 0) is 6.54 Å². The number of nitrogens with one attached hydrogen (secondary N) is 1. The molecule has 0 saturated heterocycles. The molecule has 1 atom stereocenters. The molecule has 0 spiro atoms. The summed E-state index contributed by atoms with van der Waals surface area (Å²) in [5.41, 5.74) is 1.74. The number of aliphatic hydroxyl groups excluding tert-OH is 1. The third-order valence-corrected chi connectivity index (χ3v) is 3.17. The number of hydrogen-bond donors (Lipinski definition) is 2. The summed E-state index contributed by atoms with van der Waals surface area (Å²) in [5, 5.41) is 17.3. The fraction of sp³-hybridized carbons (Fsp3) is 0.357. The second-order valence-corrected chi connectivity index (χ2v) is 4.90.